The molecule has 2 aromatic heterocycles. The molecule has 0 aliphatic rings. The number of benzene rings is 1. The molecule has 0 N–H and O–H groups in total. The minimum absolute atomic E-state index is 0.0119. The van der Waals surface area contributed by atoms with Gasteiger partial charge < -0.3 is 18.8 Å². The van der Waals surface area contributed by atoms with E-state index in [4.69, 9.17) is 25.8 Å². The van der Waals surface area contributed by atoms with Crippen LogP contribution in [-0.2, 0) is 26.1 Å². The van der Waals surface area contributed by atoms with Gasteiger partial charge in [-0.15, -0.1) is 15.7 Å². The van der Waals surface area contributed by atoms with Crippen molar-refractivity contribution in [1.29, 1.82) is 0 Å². The van der Waals surface area contributed by atoms with E-state index in [0.29, 0.717) is 26.1 Å². The van der Waals surface area contributed by atoms with Crippen molar-refractivity contribution >= 4 is 60.5 Å². The molecule has 3 aromatic rings. The Balaban J connectivity index is 2.25. The highest BCUT2D eigenvalue weighted by Crippen LogP contribution is 2.34. The Morgan fingerprint density at radius 2 is 1.86 bits per heavy atom. The van der Waals surface area contributed by atoms with E-state index in [0.717, 1.165) is 22.7 Å². The molecule has 0 atom stereocenters. The average Bonchev–Trinajstić information content (AvgIpc) is 3.25. The molecule has 0 radical (unpaired) electrons. The van der Waals surface area contributed by atoms with Gasteiger partial charge in [-0.25, -0.2) is 0 Å². The number of aromatic nitrogens is 1. The molecular weight excluding hydrogens is 460 g/mol. The van der Waals surface area contributed by atoms with Gasteiger partial charge in [-0.2, -0.15) is 8.42 Å². The van der Waals surface area contributed by atoms with E-state index in [1.165, 1.54) is 30.9 Å². The lowest BCUT2D eigenvalue weighted by Crippen LogP contribution is -2.23. The van der Waals surface area contributed by atoms with Crippen LogP contribution in [0, 0.1) is 0 Å². The summed E-state index contributed by atoms with van der Waals surface area (Å²) in [6, 6.07) is 6.24. The van der Waals surface area contributed by atoms with Gasteiger partial charge in [0, 0.05) is 12.1 Å². The summed E-state index contributed by atoms with van der Waals surface area (Å²) >= 11 is 7.87. The third-order valence-corrected chi connectivity index (χ3v) is 7.90. The number of esters is 1. The molecule has 0 saturated carbocycles. The van der Waals surface area contributed by atoms with Crippen LogP contribution in [0.3, 0.4) is 0 Å². The van der Waals surface area contributed by atoms with E-state index < -0.39 is 16.0 Å². The van der Waals surface area contributed by atoms with Crippen LogP contribution in [0.5, 0.6) is 11.5 Å². The Morgan fingerprint density at radius 3 is 2.45 bits per heavy atom. The molecule has 0 spiro atoms. The molecule has 8 nitrogen and oxygen atoms in total. The summed E-state index contributed by atoms with van der Waals surface area (Å²) in [7, 11) is -1.02. The number of thiazole rings is 1. The first-order valence-electron chi connectivity index (χ1n) is 8.26. The lowest BCUT2D eigenvalue weighted by atomic mass is 10.3. The first-order valence-corrected chi connectivity index (χ1v) is 11.7. The molecular formula is C17H17ClN2O6S3. The number of methoxy groups -OCH3 is 2. The number of carbonyl (C=O) groups excluding carboxylic acids is 1. The molecule has 3 rings (SSSR count). The Morgan fingerprint density at radius 1 is 1.17 bits per heavy atom. The quantitative estimate of drug-likeness (QED) is 0.485. The molecule has 0 amide bonds. The van der Waals surface area contributed by atoms with E-state index >= 15 is 0 Å². The smallest absolute Gasteiger partial charge is 0.326 e. The van der Waals surface area contributed by atoms with Crippen molar-refractivity contribution in [3.05, 3.63) is 33.4 Å². The van der Waals surface area contributed by atoms with E-state index in [1.807, 2.05) is 0 Å². The van der Waals surface area contributed by atoms with Crippen molar-refractivity contribution in [3.8, 4) is 11.5 Å². The number of carbonyl (C=O) groups is 1. The topological polar surface area (TPSA) is 96.2 Å². The average molecular weight is 477 g/mol. The van der Waals surface area contributed by atoms with Crippen LogP contribution in [-0.4, -0.2) is 39.8 Å². The highest BCUT2D eigenvalue weighted by molar-refractivity contribution is 7.92. The molecule has 2 heterocycles. The van der Waals surface area contributed by atoms with Crippen LogP contribution in [0.1, 0.15) is 6.92 Å². The van der Waals surface area contributed by atoms with Gasteiger partial charge in [0.25, 0.3) is 10.0 Å². The number of rotatable bonds is 7. The largest absolute Gasteiger partial charge is 0.493 e. The number of nitrogens with zero attached hydrogens (tertiary/aromatic N) is 2. The third kappa shape index (κ3) is 4.58. The van der Waals surface area contributed by atoms with Crippen LogP contribution < -0.4 is 14.3 Å². The van der Waals surface area contributed by atoms with E-state index in [9.17, 15) is 13.2 Å². The summed E-state index contributed by atoms with van der Waals surface area (Å²) in [5, 5.41) is 0. The van der Waals surface area contributed by atoms with E-state index in [1.54, 1.807) is 19.1 Å². The zero-order chi connectivity index (χ0) is 21.2. The van der Waals surface area contributed by atoms with Gasteiger partial charge in [0.15, 0.2) is 11.5 Å². The van der Waals surface area contributed by atoms with Crippen molar-refractivity contribution in [2.24, 2.45) is 4.40 Å². The second kappa shape index (κ2) is 8.74. The van der Waals surface area contributed by atoms with Gasteiger partial charge in [-0.05, 0) is 19.1 Å². The predicted molar refractivity (Wildman–Crippen MR) is 112 cm³/mol. The zero-order valence-electron chi connectivity index (χ0n) is 15.7. The third-order valence-electron chi connectivity index (χ3n) is 3.78. The fraction of sp³-hybridized carbons (Fsp3) is 0.294. The lowest BCUT2D eigenvalue weighted by molar-refractivity contribution is -0.143. The van der Waals surface area contributed by atoms with Crippen molar-refractivity contribution in [1.82, 2.24) is 4.57 Å². The number of sulfonamides is 1. The molecule has 0 saturated heterocycles. The van der Waals surface area contributed by atoms with Gasteiger partial charge in [-0.3, -0.25) is 4.79 Å². The second-order valence-corrected chi connectivity index (χ2v) is 10.1. The summed E-state index contributed by atoms with van der Waals surface area (Å²) in [6.45, 7) is 1.69. The number of hydrogen-bond acceptors (Lipinski definition) is 8. The maximum absolute atomic E-state index is 12.7. The standard InChI is InChI=1S/C17H17ClN2O6S3/c1-4-26-15(21)9-20-10-7-11(24-2)12(25-3)8-13(10)27-17(20)19-29(22,23)16-6-5-14(18)28-16/h5-8H,4,9H2,1-3H3/b19-17-. The Hall–Kier alpha value is -2.08. The number of ether oxygens (including phenoxy) is 3. The van der Waals surface area contributed by atoms with Gasteiger partial charge >= 0.3 is 5.97 Å². The number of fused-ring (bicyclic) bond motifs is 1. The summed E-state index contributed by atoms with van der Waals surface area (Å²) in [6.07, 6.45) is 0. The first-order chi connectivity index (χ1) is 13.8. The van der Waals surface area contributed by atoms with Gasteiger partial charge in [0.05, 0.1) is 35.4 Å². The highest BCUT2D eigenvalue weighted by atomic mass is 35.5. The van der Waals surface area contributed by atoms with Crippen LogP contribution >= 0.6 is 34.3 Å². The molecule has 0 unspecified atom stereocenters. The monoisotopic (exact) mass is 476 g/mol. The molecule has 29 heavy (non-hydrogen) atoms. The maximum atomic E-state index is 12.7. The Labute approximate surface area is 180 Å². The van der Waals surface area contributed by atoms with Gasteiger partial charge in [-0.1, -0.05) is 22.9 Å². The number of thiophene rings is 1. The summed E-state index contributed by atoms with van der Waals surface area (Å²) in [5.74, 6) is 0.402. The van der Waals surface area contributed by atoms with Crippen molar-refractivity contribution in [3.63, 3.8) is 0 Å². The lowest BCUT2D eigenvalue weighted by Gasteiger charge is -2.09. The van der Waals surface area contributed by atoms with E-state index in [-0.39, 0.29) is 22.2 Å². The Bertz CT molecular complexity index is 1230. The first kappa shape index (κ1) is 21.6. The Kier molecular flexibility index (Phi) is 6.52. The van der Waals surface area contributed by atoms with Crippen LogP contribution in [0.15, 0.2) is 32.9 Å². The minimum atomic E-state index is -4.01. The van der Waals surface area contributed by atoms with Gasteiger partial charge in [0.1, 0.15) is 10.8 Å². The van der Waals surface area contributed by atoms with E-state index in [2.05, 4.69) is 4.40 Å². The maximum Gasteiger partial charge on any atom is 0.326 e. The normalized spacial score (nSPS) is 12.3. The van der Waals surface area contributed by atoms with Crippen LogP contribution in [0.4, 0.5) is 0 Å². The minimum Gasteiger partial charge on any atom is -0.493 e. The van der Waals surface area contributed by atoms with Crippen molar-refractivity contribution in [2.75, 3.05) is 20.8 Å². The summed E-state index contributed by atoms with van der Waals surface area (Å²) in [5.41, 5.74) is 0.568. The van der Waals surface area contributed by atoms with Crippen molar-refractivity contribution < 1.29 is 27.4 Å². The number of halogens is 1. The van der Waals surface area contributed by atoms with Crippen LogP contribution in [0.2, 0.25) is 4.34 Å². The highest BCUT2D eigenvalue weighted by Gasteiger charge is 2.19. The van der Waals surface area contributed by atoms with Crippen molar-refractivity contribution in [2.45, 2.75) is 17.7 Å². The molecule has 0 fully saturated rings. The number of hydrogen-bond donors (Lipinski definition) is 0. The SMILES string of the molecule is CCOC(=O)Cn1/c(=N/S(=O)(=O)c2ccc(Cl)s2)sc2cc(OC)c(OC)cc21. The second-order valence-electron chi connectivity index (χ2n) is 5.58. The predicted octanol–water partition coefficient (Wildman–Crippen LogP) is 3.29. The fourth-order valence-electron chi connectivity index (χ4n) is 2.54. The summed E-state index contributed by atoms with van der Waals surface area (Å²) < 4.78 is 47.5. The molecule has 156 valence electrons. The zero-order valence-corrected chi connectivity index (χ0v) is 18.9. The molecule has 12 heteroatoms. The molecule has 1 aromatic carbocycles. The molecule has 0 bridgehead atoms. The summed E-state index contributed by atoms with van der Waals surface area (Å²) in [4.78, 5) is 12.2. The van der Waals surface area contributed by atoms with Crippen LogP contribution in [0.25, 0.3) is 10.2 Å². The van der Waals surface area contributed by atoms with Gasteiger partial charge in [0.2, 0.25) is 4.80 Å². The fourth-order valence-corrected chi connectivity index (χ4v) is 6.24. The molecule has 0 aliphatic carbocycles. The molecule has 0 aliphatic heterocycles.